The van der Waals surface area contributed by atoms with Crippen LogP contribution in [-0.2, 0) is 11.8 Å². The largest absolute Gasteiger partial charge is 0.356 e. The predicted octanol–water partition coefficient (Wildman–Crippen LogP) is 2.51. The Labute approximate surface area is 60.2 Å². The molecule has 0 spiro atoms. The van der Waals surface area contributed by atoms with E-state index in [1.54, 1.807) is 0 Å². The maximum absolute atomic E-state index is 4.58. The molecule has 0 aliphatic carbocycles. The van der Waals surface area contributed by atoms with Gasteiger partial charge in [0, 0.05) is 7.11 Å². The van der Waals surface area contributed by atoms with Gasteiger partial charge in [-0.05, 0) is 0 Å². The standard InChI is InChI=1S/CH3Br2O3P/c1-4-7(5-2)6-3/h1H3. The van der Waals surface area contributed by atoms with Crippen LogP contribution in [0.15, 0.2) is 0 Å². The molecule has 44 valence electrons. The Bertz CT molecular complexity index is 34.4. The van der Waals surface area contributed by atoms with Crippen LogP contribution in [0.25, 0.3) is 0 Å². The van der Waals surface area contributed by atoms with E-state index in [2.05, 4.69) is 44.3 Å². The van der Waals surface area contributed by atoms with Crippen LogP contribution < -0.4 is 0 Å². The molecule has 0 atom stereocenters. The molecule has 0 aromatic heterocycles. The van der Waals surface area contributed by atoms with Gasteiger partial charge in [-0.2, -0.15) is 0 Å². The van der Waals surface area contributed by atoms with E-state index in [-0.39, 0.29) is 0 Å². The molecule has 0 saturated heterocycles. The van der Waals surface area contributed by atoms with Crippen LogP contribution in [0.1, 0.15) is 0 Å². The van der Waals surface area contributed by atoms with E-state index in [1.165, 1.54) is 7.11 Å². The van der Waals surface area contributed by atoms with Gasteiger partial charge in [0.25, 0.3) is 0 Å². The van der Waals surface area contributed by atoms with Crippen molar-refractivity contribution in [3.8, 4) is 0 Å². The first-order valence-corrected chi connectivity index (χ1v) is 3.65. The summed E-state index contributed by atoms with van der Waals surface area (Å²) < 4.78 is 13.4. The topological polar surface area (TPSA) is 27.7 Å². The lowest BCUT2D eigenvalue weighted by atomic mass is 11.8. The third-order valence-corrected chi connectivity index (χ3v) is 2.20. The highest BCUT2D eigenvalue weighted by Crippen LogP contribution is 2.42. The summed E-state index contributed by atoms with van der Waals surface area (Å²) in [6, 6.07) is 0. The molecule has 0 unspecified atom stereocenters. The molecular weight excluding hydrogens is 251 g/mol. The zero-order chi connectivity index (χ0) is 5.70. The fourth-order valence-electron chi connectivity index (χ4n) is 0.0670. The molecule has 0 aliphatic rings. The Balaban J connectivity index is 2.99. The maximum atomic E-state index is 4.58. The summed E-state index contributed by atoms with van der Waals surface area (Å²) in [5, 5.41) is 0. The van der Waals surface area contributed by atoms with Gasteiger partial charge in [0.05, 0.1) is 0 Å². The zero-order valence-electron chi connectivity index (χ0n) is 3.43. The summed E-state index contributed by atoms with van der Waals surface area (Å²) in [5.41, 5.74) is 0. The average molecular weight is 254 g/mol. The van der Waals surface area contributed by atoms with Crippen molar-refractivity contribution in [2.45, 2.75) is 0 Å². The fraction of sp³-hybridized carbons (Fsp3) is 1.00. The second-order valence-corrected chi connectivity index (χ2v) is 3.37. The Morgan fingerprint density at radius 2 is 1.71 bits per heavy atom. The maximum Gasteiger partial charge on any atom is 0.356 e. The fourth-order valence-corrected chi connectivity index (χ4v) is 1.74. The highest BCUT2D eigenvalue weighted by Gasteiger charge is 2.04. The van der Waals surface area contributed by atoms with Crippen molar-refractivity contribution in [2.24, 2.45) is 0 Å². The number of hydrogen-bond donors (Lipinski definition) is 0. The first kappa shape index (κ1) is 8.27. The summed E-state index contributed by atoms with van der Waals surface area (Å²) in [6.07, 6.45) is 0. The van der Waals surface area contributed by atoms with Gasteiger partial charge in [-0.25, -0.2) is 7.23 Å². The van der Waals surface area contributed by atoms with Crippen molar-refractivity contribution in [1.29, 1.82) is 0 Å². The molecule has 0 aromatic carbocycles. The molecule has 3 nitrogen and oxygen atoms in total. The van der Waals surface area contributed by atoms with Gasteiger partial charge < -0.3 is 4.52 Å². The quantitative estimate of drug-likeness (QED) is 0.724. The molecule has 0 N–H and O–H groups in total. The van der Waals surface area contributed by atoms with E-state index < -0.39 is 8.60 Å². The minimum atomic E-state index is -1.22. The molecular formula is CH3Br2O3P. The first-order valence-electron chi connectivity index (χ1n) is 1.26. The van der Waals surface area contributed by atoms with Crippen LogP contribution >= 0.6 is 41.1 Å². The van der Waals surface area contributed by atoms with Gasteiger partial charge in [0.1, 0.15) is 32.5 Å². The second kappa shape index (κ2) is 5.41. The molecule has 0 bridgehead atoms. The van der Waals surface area contributed by atoms with Crippen LogP contribution in [-0.4, -0.2) is 7.11 Å². The summed E-state index contributed by atoms with van der Waals surface area (Å²) in [7, 11) is 0.260. The van der Waals surface area contributed by atoms with Crippen molar-refractivity contribution in [2.75, 3.05) is 7.11 Å². The lowest BCUT2D eigenvalue weighted by Gasteiger charge is -2.01. The van der Waals surface area contributed by atoms with Crippen LogP contribution in [0.2, 0.25) is 0 Å². The first-order chi connectivity index (χ1) is 3.35. The smallest absolute Gasteiger partial charge is 0.314 e. The highest BCUT2D eigenvalue weighted by molar-refractivity contribution is 9.07. The molecule has 0 saturated carbocycles. The molecule has 7 heavy (non-hydrogen) atoms. The van der Waals surface area contributed by atoms with Crippen LogP contribution in [0.4, 0.5) is 0 Å². The molecule has 0 radical (unpaired) electrons. The van der Waals surface area contributed by atoms with Gasteiger partial charge in [0.2, 0.25) is 0 Å². The molecule has 0 aromatic rings. The van der Waals surface area contributed by atoms with Gasteiger partial charge in [-0.1, -0.05) is 0 Å². The van der Waals surface area contributed by atoms with E-state index in [0.29, 0.717) is 0 Å². The molecule has 0 fully saturated rings. The predicted molar refractivity (Wildman–Crippen MR) is 34.0 cm³/mol. The summed E-state index contributed by atoms with van der Waals surface area (Å²) in [6.45, 7) is 0. The average Bonchev–Trinajstić information content (AvgIpc) is 1.72. The van der Waals surface area contributed by atoms with E-state index in [0.717, 1.165) is 0 Å². The molecule has 0 aliphatic heterocycles. The molecule has 0 rings (SSSR count). The lowest BCUT2D eigenvalue weighted by molar-refractivity contribution is 0.362. The van der Waals surface area contributed by atoms with Gasteiger partial charge in [-0.15, -0.1) is 0 Å². The van der Waals surface area contributed by atoms with Crippen molar-refractivity contribution in [3.05, 3.63) is 0 Å². The highest BCUT2D eigenvalue weighted by atomic mass is 79.9. The third kappa shape index (κ3) is 3.82. The van der Waals surface area contributed by atoms with Crippen LogP contribution in [0.3, 0.4) is 0 Å². The number of hydrogen-bond acceptors (Lipinski definition) is 3. The van der Waals surface area contributed by atoms with Crippen molar-refractivity contribution in [3.63, 3.8) is 0 Å². The summed E-state index contributed by atoms with van der Waals surface area (Å²) in [4.78, 5) is 0. The van der Waals surface area contributed by atoms with Crippen LogP contribution in [0, 0.1) is 0 Å². The number of rotatable bonds is 3. The Morgan fingerprint density at radius 1 is 1.29 bits per heavy atom. The van der Waals surface area contributed by atoms with Crippen molar-refractivity contribution in [1.82, 2.24) is 0 Å². The van der Waals surface area contributed by atoms with E-state index >= 15 is 0 Å². The molecule has 0 amide bonds. The monoisotopic (exact) mass is 252 g/mol. The zero-order valence-corrected chi connectivity index (χ0v) is 7.49. The van der Waals surface area contributed by atoms with E-state index in [1.807, 2.05) is 0 Å². The Hall–Kier alpha value is 1.27. The summed E-state index contributed by atoms with van der Waals surface area (Å²) in [5.74, 6) is 0. The van der Waals surface area contributed by atoms with E-state index in [9.17, 15) is 0 Å². The van der Waals surface area contributed by atoms with E-state index in [4.69, 9.17) is 0 Å². The van der Waals surface area contributed by atoms with Crippen molar-refractivity contribution >= 4 is 41.1 Å². The van der Waals surface area contributed by atoms with Gasteiger partial charge in [0.15, 0.2) is 0 Å². The third-order valence-electron chi connectivity index (χ3n) is 0.262. The van der Waals surface area contributed by atoms with Crippen LogP contribution in [0.5, 0.6) is 0 Å². The Kier molecular flexibility index (Phi) is 6.39. The summed E-state index contributed by atoms with van der Waals surface area (Å²) >= 11 is 5.37. The second-order valence-electron chi connectivity index (χ2n) is 0.544. The van der Waals surface area contributed by atoms with Gasteiger partial charge in [-0.3, -0.25) is 0 Å². The Morgan fingerprint density at radius 3 is 1.71 bits per heavy atom. The molecule has 0 heterocycles. The van der Waals surface area contributed by atoms with Gasteiger partial charge >= 0.3 is 8.60 Å². The lowest BCUT2D eigenvalue weighted by Crippen LogP contribution is -1.72. The van der Waals surface area contributed by atoms with Crippen molar-refractivity contribution < 1.29 is 11.8 Å². The normalized spacial score (nSPS) is 10.3. The SMILES string of the molecule is COP(OBr)OBr. The number of halogens is 2. The molecule has 6 heteroatoms. The minimum absolute atomic E-state index is 1.22. The minimum Gasteiger partial charge on any atom is -0.314 e.